The lowest BCUT2D eigenvalue weighted by molar-refractivity contribution is 0.555. The van der Waals surface area contributed by atoms with E-state index in [1.807, 2.05) is 6.07 Å². The normalized spacial score (nSPS) is 10.9. The maximum Gasteiger partial charge on any atom is 0.0316 e. The third-order valence-corrected chi connectivity index (χ3v) is 2.84. The van der Waals surface area contributed by atoms with E-state index in [1.54, 1.807) is 0 Å². The standard InChI is InChI=1S/C14H23N/c1-4-12-10-14(15)9-8-13(12)7-5-6-11(2)3/h8-11H,4-7,15H2,1-3H3. The van der Waals surface area contributed by atoms with Gasteiger partial charge in [-0.15, -0.1) is 0 Å². The average molecular weight is 205 g/mol. The summed E-state index contributed by atoms with van der Waals surface area (Å²) in [6.45, 7) is 6.76. The smallest absolute Gasteiger partial charge is 0.0316 e. The highest BCUT2D eigenvalue weighted by atomic mass is 14.5. The van der Waals surface area contributed by atoms with E-state index in [4.69, 9.17) is 5.73 Å². The molecule has 84 valence electrons. The second kappa shape index (κ2) is 5.79. The van der Waals surface area contributed by atoms with E-state index in [1.165, 1.54) is 30.4 Å². The van der Waals surface area contributed by atoms with Crippen LogP contribution in [0, 0.1) is 5.92 Å². The first-order valence-electron chi connectivity index (χ1n) is 6.00. The van der Waals surface area contributed by atoms with Crippen molar-refractivity contribution in [2.45, 2.75) is 46.5 Å². The molecule has 0 bridgehead atoms. The van der Waals surface area contributed by atoms with Gasteiger partial charge in [-0.25, -0.2) is 0 Å². The Kier molecular flexibility index (Phi) is 4.67. The molecule has 0 heterocycles. The zero-order valence-electron chi connectivity index (χ0n) is 10.2. The van der Waals surface area contributed by atoms with Gasteiger partial charge in [-0.3, -0.25) is 0 Å². The fourth-order valence-electron chi connectivity index (χ4n) is 1.92. The van der Waals surface area contributed by atoms with Gasteiger partial charge in [-0.2, -0.15) is 0 Å². The Labute approximate surface area is 93.7 Å². The van der Waals surface area contributed by atoms with Crippen LogP contribution in [0.25, 0.3) is 0 Å². The largest absolute Gasteiger partial charge is 0.399 e. The lowest BCUT2D eigenvalue weighted by Crippen LogP contribution is -1.97. The van der Waals surface area contributed by atoms with Gasteiger partial charge >= 0.3 is 0 Å². The molecule has 1 aromatic carbocycles. The molecule has 15 heavy (non-hydrogen) atoms. The minimum atomic E-state index is 0.809. The van der Waals surface area contributed by atoms with Crippen molar-refractivity contribution in [1.82, 2.24) is 0 Å². The monoisotopic (exact) mass is 205 g/mol. The fraction of sp³-hybridized carbons (Fsp3) is 0.571. The Bertz CT molecular complexity index is 302. The highest BCUT2D eigenvalue weighted by Crippen LogP contribution is 2.17. The highest BCUT2D eigenvalue weighted by Gasteiger charge is 2.02. The third-order valence-electron chi connectivity index (χ3n) is 2.84. The summed E-state index contributed by atoms with van der Waals surface area (Å²) in [6.07, 6.45) is 4.88. The highest BCUT2D eigenvalue weighted by molar-refractivity contribution is 5.44. The lowest BCUT2D eigenvalue weighted by atomic mass is 9.97. The molecule has 0 fully saturated rings. The van der Waals surface area contributed by atoms with Crippen molar-refractivity contribution in [3.05, 3.63) is 29.3 Å². The number of hydrogen-bond acceptors (Lipinski definition) is 1. The van der Waals surface area contributed by atoms with Crippen LogP contribution in [-0.2, 0) is 12.8 Å². The Morgan fingerprint density at radius 1 is 1.20 bits per heavy atom. The Morgan fingerprint density at radius 3 is 2.53 bits per heavy atom. The molecule has 0 spiro atoms. The minimum Gasteiger partial charge on any atom is -0.399 e. The summed E-state index contributed by atoms with van der Waals surface area (Å²) in [5.74, 6) is 0.809. The number of nitrogens with two attached hydrogens (primary N) is 1. The van der Waals surface area contributed by atoms with Crippen molar-refractivity contribution in [2.24, 2.45) is 5.92 Å². The minimum absolute atomic E-state index is 0.809. The first-order valence-corrected chi connectivity index (χ1v) is 6.00. The van der Waals surface area contributed by atoms with Gasteiger partial charge in [-0.1, -0.05) is 33.3 Å². The van der Waals surface area contributed by atoms with Crippen LogP contribution >= 0.6 is 0 Å². The third kappa shape index (κ3) is 3.94. The molecule has 0 saturated carbocycles. The van der Waals surface area contributed by atoms with Gasteiger partial charge in [0.2, 0.25) is 0 Å². The first kappa shape index (κ1) is 12.1. The van der Waals surface area contributed by atoms with Crippen molar-refractivity contribution in [3.8, 4) is 0 Å². The molecular formula is C14H23N. The molecule has 0 atom stereocenters. The Balaban J connectivity index is 2.60. The molecule has 0 amide bonds. The van der Waals surface area contributed by atoms with E-state index < -0.39 is 0 Å². The molecule has 0 aromatic heterocycles. The van der Waals surface area contributed by atoms with Crippen molar-refractivity contribution in [2.75, 3.05) is 5.73 Å². The maximum atomic E-state index is 5.78. The van der Waals surface area contributed by atoms with Gasteiger partial charge in [0.1, 0.15) is 0 Å². The molecular weight excluding hydrogens is 182 g/mol. The molecule has 0 aliphatic carbocycles. The zero-order chi connectivity index (χ0) is 11.3. The lowest BCUT2D eigenvalue weighted by Gasteiger charge is -2.09. The van der Waals surface area contributed by atoms with Crippen LogP contribution in [0.5, 0.6) is 0 Å². The Morgan fingerprint density at radius 2 is 1.93 bits per heavy atom. The topological polar surface area (TPSA) is 26.0 Å². The van der Waals surface area contributed by atoms with Gasteiger partial charge in [-0.05, 0) is 48.4 Å². The predicted molar refractivity (Wildman–Crippen MR) is 68.0 cm³/mol. The number of anilines is 1. The van der Waals surface area contributed by atoms with E-state index in [-0.39, 0.29) is 0 Å². The van der Waals surface area contributed by atoms with Crippen LogP contribution in [-0.4, -0.2) is 0 Å². The van der Waals surface area contributed by atoms with Gasteiger partial charge in [0.05, 0.1) is 0 Å². The van der Waals surface area contributed by atoms with Gasteiger partial charge < -0.3 is 5.73 Å². The number of benzene rings is 1. The van der Waals surface area contributed by atoms with Crippen LogP contribution in [0.1, 0.15) is 44.7 Å². The van der Waals surface area contributed by atoms with Crippen molar-refractivity contribution in [1.29, 1.82) is 0 Å². The summed E-state index contributed by atoms with van der Waals surface area (Å²) in [4.78, 5) is 0. The van der Waals surface area contributed by atoms with Crippen LogP contribution < -0.4 is 5.73 Å². The fourth-order valence-corrected chi connectivity index (χ4v) is 1.92. The molecule has 0 aliphatic rings. The average Bonchev–Trinajstić information content (AvgIpc) is 2.19. The molecule has 0 radical (unpaired) electrons. The first-order chi connectivity index (χ1) is 7.13. The van der Waals surface area contributed by atoms with Crippen molar-refractivity contribution >= 4 is 5.69 Å². The zero-order valence-corrected chi connectivity index (χ0v) is 10.2. The van der Waals surface area contributed by atoms with Gasteiger partial charge in [0, 0.05) is 5.69 Å². The van der Waals surface area contributed by atoms with Crippen LogP contribution in [0.4, 0.5) is 5.69 Å². The van der Waals surface area contributed by atoms with Gasteiger partial charge in [0.25, 0.3) is 0 Å². The summed E-state index contributed by atoms with van der Waals surface area (Å²) >= 11 is 0. The molecule has 2 N–H and O–H groups in total. The Hall–Kier alpha value is -0.980. The van der Waals surface area contributed by atoms with Gasteiger partial charge in [0.15, 0.2) is 0 Å². The summed E-state index contributed by atoms with van der Waals surface area (Å²) in [5, 5.41) is 0. The van der Waals surface area contributed by atoms with Crippen LogP contribution in [0.15, 0.2) is 18.2 Å². The molecule has 0 unspecified atom stereocenters. The number of rotatable bonds is 5. The molecule has 1 rings (SSSR count). The molecule has 1 heteroatoms. The summed E-state index contributed by atoms with van der Waals surface area (Å²) in [6, 6.07) is 6.32. The summed E-state index contributed by atoms with van der Waals surface area (Å²) in [5.41, 5.74) is 9.56. The summed E-state index contributed by atoms with van der Waals surface area (Å²) in [7, 11) is 0. The van der Waals surface area contributed by atoms with E-state index in [0.29, 0.717) is 0 Å². The van der Waals surface area contributed by atoms with E-state index in [9.17, 15) is 0 Å². The molecule has 0 saturated heterocycles. The van der Waals surface area contributed by atoms with E-state index >= 15 is 0 Å². The van der Waals surface area contributed by atoms with E-state index in [0.717, 1.165) is 18.0 Å². The molecule has 1 nitrogen and oxygen atoms in total. The van der Waals surface area contributed by atoms with Crippen LogP contribution in [0.3, 0.4) is 0 Å². The SMILES string of the molecule is CCc1cc(N)ccc1CCCC(C)C. The van der Waals surface area contributed by atoms with E-state index in [2.05, 4.69) is 32.9 Å². The molecule has 1 aromatic rings. The predicted octanol–water partition coefficient (Wildman–Crippen LogP) is 3.81. The number of aryl methyl sites for hydroxylation is 2. The van der Waals surface area contributed by atoms with Crippen LogP contribution in [0.2, 0.25) is 0 Å². The second-order valence-corrected chi connectivity index (χ2v) is 4.67. The maximum absolute atomic E-state index is 5.78. The van der Waals surface area contributed by atoms with Crippen molar-refractivity contribution in [3.63, 3.8) is 0 Å². The number of hydrogen-bond donors (Lipinski definition) is 1. The quantitative estimate of drug-likeness (QED) is 0.727. The second-order valence-electron chi connectivity index (χ2n) is 4.67. The van der Waals surface area contributed by atoms with Crippen molar-refractivity contribution < 1.29 is 0 Å². The number of nitrogen functional groups attached to an aromatic ring is 1. The summed E-state index contributed by atoms with van der Waals surface area (Å²) < 4.78 is 0. The molecule has 0 aliphatic heterocycles.